The van der Waals surface area contributed by atoms with E-state index in [2.05, 4.69) is 4.98 Å². The van der Waals surface area contributed by atoms with Crippen LogP contribution in [0.15, 0.2) is 41.4 Å². The number of pyridine rings is 1. The van der Waals surface area contributed by atoms with Gasteiger partial charge in [-0.2, -0.15) is 18.9 Å². The zero-order valence-electron chi connectivity index (χ0n) is 10.9. The summed E-state index contributed by atoms with van der Waals surface area (Å²) in [5.41, 5.74) is 0.563. The number of hydrogen-bond acceptors (Lipinski definition) is 6. The number of nitrogens with zero attached hydrogens (tertiary/aromatic N) is 3. The average molecular weight is 299 g/mol. The summed E-state index contributed by atoms with van der Waals surface area (Å²) >= 11 is 0. The monoisotopic (exact) mass is 299 g/mol. The van der Waals surface area contributed by atoms with Gasteiger partial charge >= 0.3 is 10.1 Å². The molecule has 2 aromatic rings. The van der Waals surface area contributed by atoms with Gasteiger partial charge in [0.15, 0.2) is 11.4 Å². The van der Waals surface area contributed by atoms with Crippen LogP contribution in [0.1, 0.15) is 16.8 Å². The lowest BCUT2D eigenvalue weighted by Crippen LogP contribution is -2.12. The van der Waals surface area contributed by atoms with Gasteiger partial charge in [0.1, 0.15) is 22.6 Å². The second kappa shape index (κ2) is 5.61. The zero-order chi connectivity index (χ0) is 15.5. The first-order valence-corrected chi connectivity index (χ1v) is 7.19. The molecule has 104 valence electrons. The Morgan fingerprint density at radius 2 is 1.76 bits per heavy atom. The van der Waals surface area contributed by atoms with Gasteiger partial charge in [0.2, 0.25) is 0 Å². The van der Waals surface area contributed by atoms with Crippen LogP contribution in [-0.2, 0) is 10.1 Å². The van der Waals surface area contributed by atoms with Crippen LogP contribution < -0.4 is 4.18 Å². The predicted molar refractivity (Wildman–Crippen MR) is 72.7 cm³/mol. The summed E-state index contributed by atoms with van der Waals surface area (Å²) in [6, 6.07) is 10.8. The number of hydrogen-bond donors (Lipinski definition) is 0. The van der Waals surface area contributed by atoms with E-state index in [0.29, 0.717) is 0 Å². The van der Waals surface area contributed by atoms with Crippen LogP contribution in [-0.4, -0.2) is 13.4 Å². The van der Waals surface area contributed by atoms with E-state index >= 15 is 0 Å². The molecule has 0 atom stereocenters. The van der Waals surface area contributed by atoms with Crippen LogP contribution in [0, 0.1) is 29.6 Å². The minimum atomic E-state index is -4.14. The second-order valence-electron chi connectivity index (χ2n) is 4.11. The molecule has 2 rings (SSSR count). The molecule has 0 aliphatic rings. The fourth-order valence-electron chi connectivity index (χ4n) is 1.56. The van der Waals surface area contributed by atoms with Gasteiger partial charge in [-0.1, -0.05) is 17.7 Å². The predicted octanol–water partition coefficient (Wildman–Crippen LogP) is 1.90. The lowest BCUT2D eigenvalue weighted by atomic mass is 10.2. The topological polar surface area (TPSA) is 104 Å². The van der Waals surface area contributed by atoms with Gasteiger partial charge in [-0.05, 0) is 25.1 Å². The minimum absolute atomic E-state index is 0.0651. The van der Waals surface area contributed by atoms with Crippen molar-refractivity contribution in [1.29, 1.82) is 10.5 Å². The highest BCUT2D eigenvalue weighted by Gasteiger charge is 2.21. The van der Waals surface area contributed by atoms with Crippen molar-refractivity contribution >= 4 is 10.1 Å². The Morgan fingerprint density at radius 3 is 2.33 bits per heavy atom. The van der Waals surface area contributed by atoms with E-state index in [-0.39, 0.29) is 21.9 Å². The molecule has 0 aliphatic carbocycles. The molecule has 0 fully saturated rings. The average Bonchev–Trinajstić information content (AvgIpc) is 2.47. The quantitative estimate of drug-likeness (QED) is 0.802. The summed E-state index contributed by atoms with van der Waals surface area (Å²) in [6.45, 7) is 1.82. The van der Waals surface area contributed by atoms with Crippen LogP contribution in [0.25, 0.3) is 0 Å². The molecule has 0 bridgehead atoms. The van der Waals surface area contributed by atoms with Crippen molar-refractivity contribution < 1.29 is 12.6 Å². The SMILES string of the molecule is Cc1ccc(S(=O)(=O)Oc2c(C#N)ccnc2C#N)cc1. The highest BCUT2D eigenvalue weighted by atomic mass is 32.2. The number of rotatable bonds is 3. The Labute approximate surface area is 122 Å². The zero-order valence-corrected chi connectivity index (χ0v) is 11.8. The summed E-state index contributed by atoms with van der Waals surface area (Å²) < 4.78 is 29.3. The molecule has 7 heteroatoms. The molecule has 0 saturated carbocycles. The first-order valence-electron chi connectivity index (χ1n) is 5.78. The molecule has 0 aliphatic heterocycles. The maximum absolute atomic E-state index is 12.2. The molecule has 0 saturated heterocycles. The fourth-order valence-corrected chi connectivity index (χ4v) is 2.52. The van der Waals surface area contributed by atoms with Crippen molar-refractivity contribution in [2.24, 2.45) is 0 Å². The summed E-state index contributed by atoms with van der Waals surface area (Å²) in [4.78, 5) is 3.63. The van der Waals surface area contributed by atoms with Gasteiger partial charge in [-0.25, -0.2) is 4.98 Å². The standard InChI is InChI=1S/C14H9N3O3S/c1-10-2-4-12(5-3-10)21(18,19)20-14-11(8-15)6-7-17-13(14)9-16/h2-7H,1H3. The summed E-state index contributed by atoms with van der Waals surface area (Å²) in [5, 5.41) is 17.9. The molecular weight excluding hydrogens is 290 g/mol. The number of benzene rings is 1. The largest absolute Gasteiger partial charge is 0.374 e. The lowest BCUT2D eigenvalue weighted by molar-refractivity contribution is 0.483. The van der Waals surface area contributed by atoms with E-state index in [9.17, 15) is 8.42 Å². The van der Waals surface area contributed by atoms with Crippen molar-refractivity contribution in [3.63, 3.8) is 0 Å². The molecule has 6 nitrogen and oxygen atoms in total. The van der Waals surface area contributed by atoms with Gasteiger partial charge in [0, 0.05) is 6.20 Å². The van der Waals surface area contributed by atoms with Crippen LogP contribution in [0.3, 0.4) is 0 Å². The minimum Gasteiger partial charge on any atom is -0.374 e. The van der Waals surface area contributed by atoms with Crippen molar-refractivity contribution in [2.75, 3.05) is 0 Å². The number of aryl methyl sites for hydroxylation is 1. The van der Waals surface area contributed by atoms with E-state index in [4.69, 9.17) is 14.7 Å². The number of nitriles is 2. The summed E-state index contributed by atoms with van der Waals surface area (Å²) in [7, 11) is -4.14. The lowest BCUT2D eigenvalue weighted by Gasteiger charge is -2.09. The van der Waals surface area contributed by atoms with Crippen molar-refractivity contribution in [2.45, 2.75) is 11.8 Å². The number of aromatic nitrogens is 1. The van der Waals surface area contributed by atoms with E-state index < -0.39 is 10.1 Å². The molecule has 0 spiro atoms. The van der Waals surface area contributed by atoms with Crippen LogP contribution in [0.2, 0.25) is 0 Å². The maximum Gasteiger partial charge on any atom is 0.339 e. The van der Waals surface area contributed by atoms with E-state index in [1.54, 1.807) is 24.3 Å². The molecule has 21 heavy (non-hydrogen) atoms. The van der Waals surface area contributed by atoms with Gasteiger partial charge in [-0.15, -0.1) is 0 Å². The van der Waals surface area contributed by atoms with Crippen LogP contribution in [0.5, 0.6) is 5.75 Å². The molecular formula is C14H9N3O3S. The summed E-state index contributed by atoms with van der Waals surface area (Å²) in [5.74, 6) is -0.358. The van der Waals surface area contributed by atoms with Gasteiger partial charge in [-0.3, -0.25) is 0 Å². The Bertz CT molecular complexity index is 828. The maximum atomic E-state index is 12.2. The molecule has 1 heterocycles. The van der Waals surface area contributed by atoms with Gasteiger partial charge in [0.25, 0.3) is 0 Å². The van der Waals surface area contributed by atoms with Crippen LogP contribution in [0.4, 0.5) is 0 Å². The van der Waals surface area contributed by atoms with Gasteiger partial charge < -0.3 is 4.18 Å². The Morgan fingerprint density at radius 1 is 1.10 bits per heavy atom. The molecule has 0 amide bonds. The van der Waals surface area contributed by atoms with Crippen molar-refractivity contribution in [3.8, 4) is 17.9 Å². The summed E-state index contributed by atoms with van der Waals surface area (Å²) in [6.07, 6.45) is 1.24. The molecule has 0 radical (unpaired) electrons. The third kappa shape index (κ3) is 2.99. The Kier molecular flexibility index (Phi) is 3.88. The van der Waals surface area contributed by atoms with E-state index in [0.717, 1.165) is 5.56 Å². The molecule has 0 N–H and O–H groups in total. The molecule has 0 unspecified atom stereocenters. The molecule has 1 aromatic heterocycles. The third-order valence-corrected chi connectivity index (χ3v) is 3.87. The van der Waals surface area contributed by atoms with Crippen LogP contribution >= 0.6 is 0 Å². The van der Waals surface area contributed by atoms with Gasteiger partial charge in [0.05, 0.1) is 0 Å². The first kappa shape index (κ1) is 14.5. The van der Waals surface area contributed by atoms with E-state index in [1.165, 1.54) is 24.4 Å². The fraction of sp³-hybridized carbons (Fsp3) is 0.0714. The second-order valence-corrected chi connectivity index (χ2v) is 5.66. The van der Waals surface area contributed by atoms with Crippen molar-refractivity contribution in [1.82, 2.24) is 4.98 Å². The molecule has 1 aromatic carbocycles. The normalized spacial score (nSPS) is 10.4. The third-order valence-electron chi connectivity index (χ3n) is 2.63. The Hall–Kier alpha value is -2.90. The smallest absolute Gasteiger partial charge is 0.339 e. The first-order chi connectivity index (χ1) is 9.97. The van der Waals surface area contributed by atoms with Crippen molar-refractivity contribution in [3.05, 3.63) is 53.3 Å². The highest BCUT2D eigenvalue weighted by Crippen LogP contribution is 2.25. The van der Waals surface area contributed by atoms with E-state index in [1.807, 2.05) is 6.92 Å². The highest BCUT2D eigenvalue weighted by molar-refractivity contribution is 7.87. The Balaban J connectivity index is 2.50.